The molecule has 142 valence electrons. The number of nitrogen functional groups attached to an aromatic ring is 1. The first-order chi connectivity index (χ1) is 12.8. The number of nitrogens with one attached hydrogen (secondary N) is 1. The van der Waals surface area contributed by atoms with Crippen molar-refractivity contribution in [1.29, 1.82) is 0 Å². The summed E-state index contributed by atoms with van der Waals surface area (Å²) in [6.45, 7) is 0. The number of rotatable bonds is 3. The molecule has 7 nitrogen and oxygen atoms in total. The SMILES string of the molecule is Nc1c(S(=O)(=O)O)cc(NC2CCCC2)c2c1C(=O)c1ccccc1C2=O.[H-].[Na+]. The van der Waals surface area contributed by atoms with Gasteiger partial charge in [-0.05, 0) is 18.9 Å². The molecule has 1 fully saturated rings. The number of nitrogens with two attached hydrogens (primary N) is 1. The van der Waals surface area contributed by atoms with E-state index < -0.39 is 32.3 Å². The van der Waals surface area contributed by atoms with Crippen LogP contribution in [0.3, 0.4) is 0 Å². The average Bonchev–Trinajstić information content (AvgIpc) is 3.13. The van der Waals surface area contributed by atoms with Crippen LogP contribution < -0.4 is 40.6 Å². The molecule has 0 radical (unpaired) electrons. The van der Waals surface area contributed by atoms with Gasteiger partial charge in [0.15, 0.2) is 11.6 Å². The van der Waals surface area contributed by atoms with Crippen LogP contribution in [0.2, 0.25) is 0 Å². The fraction of sp³-hybridized carbons (Fsp3) is 0.263. The Morgan fingerprint density at radius 1 is 1.04 bits per heavy atom. The Bertz CT molecular complexity index is 1100. The van der Waals surface area contributed by atoms with Crippen molar-refractivity contribution in [1.82, 2.24) is 0 Å². The third-order valence-electron chi connectivity index (χ3n) is 5.19. The molecular weight excluding hydrogens is 391 g/mol. The molecule has 0 aromatic heterocycles. The molecule has 28 heavy (non-hydrogen) atoms. The van der Waals surface area contributed by atoms with Gasteiger partial charge in [-0.15, -0.1) is 0 Å². The molecule has 2 aromatic rings. The van der Waals surface area contributed by atoms with Crippen LogP contribution in [0.5, 0.6) is 0 Å². The molecule has 0 unspecified atom stereocenters. The van der Waals surface area contributed by atoms with Crippen molar-refractivity contribution in [2.75, 3.05) is 11.1 Å². The predicted molar refractivity (Wildman–Crippen MR) is 101 cm³/mol. The number of ketones is 2. The Morgan fingerprint density at radius 3 is 2.11 bits per heavy atom. The van der Waals surface area contributed by atoms with Crippen molar-refractivity contribution >= 4 is 33.1 Å². The Morgan fingerprint density at radius 2 is 1.57 bits per heavy atom. The zero-order valence-corrected chi connectivity index (χ0v) is 18.2. The molecular formula is C19H19N2NaO5S. The van der Waals surface area contributed by atoms with Gasteiger partial charge in [0.1, 0.15) is 4.90 Å². The summed E-state index contributed by atoms with van der Waals surface area (Å²) < 4.78 is 33.2. The second kappa shape index (κ2) is 7.61. The summed E-state index contributed by atoms with van der Waals surface area (Å²) in [7, 11) is -4.67. The molecule has 0 spiro atoms. The summed E-state index contributed by atoms with van der Waals surface area (Å²) >= 11 is 0. The monoisotopic (exact) mass is 410 g/mol. The molecule has 2 aromatic carbocycles. The maximum atomic E-state index is 13.1. The summed E-state index contributed by atoms with van der Waals surface area (Å²) in [6.07, 6.45) is 3.80. The number of anilines is 2. The van der Waals surface area contributed by atoms with E-state index in [2.05, 4.69) is 5.32 Å². The van der Waals surface area contributed by atoms with Crippen LogP contribution >= 0.6 is 0 Å². The number of carbonyl (C=O) groups is 2. The summed E-state index contributed by atoms with van der Waals surface area (Å²) in [4.78, 5) is 25.5. The van der Waals surface area contributed by atoms with Gasteiger partial charge in [0.05, 0.1) is 16.8 Å². The van der Waals surface area contributed by atoms with Gasteiger partial charge in [0, 0.05) is 22.9 Å². The summed E-state index contributed by atoms with van der Waals surface area (Å²) in [5.74, 6) is -0.924. The quantitative estimate of drug-likeness (QED) is 0.309. The zero-order valence-electron chi connectivity index (χ0n) is 16.4. The van der Waals surface area contributed by atoms with E-state index in [-0.39, 0.29) is 65.0 Å². The molecule has 2 aliphatic rings. The molecule has 0 bridgehead atoms. The van der Waals surface area contributed by atoms with Crippen LogP contribution in [0.25, 0.3) is 0 Å². The second-order valence-corrected chi connectivity index (χ2v) is 8.28. The fourth-order valence-electron chi connectivity index (χ4n) is 3.91. The Labute approximate surface area is 186 Å². The maximum Gasteiger partial charge on any atom is 1.00 e. The third kappa shape index (κ3) is 3.40. The van der Waals surface area contributed by atoms with Crippen LogP contribution in [0.15, 0.2) is 35.2 Å². The van der Waals surface area contributed by atoms with Crippen LogP contribution in [0.4, 0.5) is 11.4 Å². The number of hydrogen-bond donors (Lipinski definition) is 3. The summed E-state index contributed by atoms with van der Waals surface area (Å²) in [5.41, 5.74) is 6.06. The summed E-state index contributed by atoms with van der Waals surface area (Å²) in [6, 6.07) is 7.56. The van der Waals surface area contributed by atoms with Crippen molar-refractivity contribution in [2.24, 2.45) is 0 Å². The van der Waals surface area contributed by atoms with Gasteiger partial charge in [0.25, 0.3) is 10.1 Å². The molecule has 4 rings (SSSR count). The first-order valence-electron chi connectivity index (χ1n) is 8.68. The zero-order chi connectivity index (χ0) is 19.3. The van der Waals surface area contributed by atoms with Crippen molar-refractivity contribution in [3.05, 3.63) is 52.6 Å². The van der Waals surface area contributed by atoms with Crippen LogP contribution in [-0.4, -0.2) is 30.6 Å². The molecule has 9 heteroatoms. The molecule has 0 amide bonds. The van der Waals surface area contributed by atoms with Crippen molar-refractivity contribution in [3.8, 4) is 0 Å². The predicted octanol–water partition coefficient (Wildman–Crippen LogP) is -0.238. The molecule has 0 saturated heterocycles. The van der Waals surface area contributed by atoms with Gasteiger partial charge >= 0.3 is 29.6 Å². The second-order valence-electron chi connectivity index (χ2n) is 6.89. The minimum absolute atomic E-state index is 0. The first-order valence-corrected chi connectivity index (χ1v) is 10.1. The number of fused-ring (bicyclic) bond motifs is 2. The van der Waals surface area contributed by atoms with E-state index in [4.69, 9.17) is 5.73 Å². The standard InChI is InChI=1S/C19H18N2O5S.Na.H/c20-17-14(27(24,25)26)9-13(21-10-5-1-2-6-10)15-16(17)19(23)12-8-4-3-7-11(12)18(15)22;;/h3-4,7-10,21H,1-2,5-6,20H2,(H,24,25,26);;/q;+1;-1. The van der Waals surface area contributed by atoms with E-state index in [0.717, 1.165) is 31.7 Å². The average molecular weight is 410 g/mol. The molecule has 0 atom stereocenters. The van der Waals surface area contributed by atoms with Crippen molar-refractivity contribution in [3.63, 3.8) is 0 Å². The van der Waals surface area contributed by atoms with Gasteiger partial charge in [0.2, 0.25) is 0 Å². The molecule has 2 aliphatic carbocycles. The van der Waals surface area contributed by atoms with E-state index in [1.54, 1.807) is 18.2 Å². The van der Waals surface area contributed by atoms with Crippen molar-refractivity contribution in [2.45, 2.75) is 36.6 Å². The van der Waals surface area contributed by atoms with E-state index >= 15 is 0 Å². The topological polar surface area (TPSA) is 127 Å². The van der Waals surface area contributed by atoms with E-state index in [1.165, 1.54) is 6.07 Å². The Balaban J connectivity index is 0.00000150. The molecule has 0 heterocycles. The Kier molecular flexibility index (Phi) is 5.71. The minimum atomic E-state index is -4.67. The molecule has 1 saturated carbocycles. The fourth-order valence-corrected chi connectivity index (χ4v) is 4.56. The largest absolute Gasteiger partial charge is 1.00 e. The third-order valence-corrected chi connectivity index (χ3v) is 6.09. The van der Waals surface area contributed by atoms with Gasteiger partial charge in [-0.1, -0.05) is 37.1 Å². The maximum absolute atomic E-state index is 13.1. The number of hydrogen-bond acceptors (Lipinski definition) is 6. The summed E-state index contributed by atoms with van der Waals surface area (Å²) in [5, 5.41) is 3.19. The van der Waals surface area contributed by atoms with E-state index in [9.17, 15) is 22.6 Å². The van der Waals surface area contributed by atoms with Crippen LogP contribution in [0, 0.1) is 0 Å². The van der Waals surface area contributed by atoms with Gasteiger partial charge in [-0.3, -0.25) is 14.1 Å². The number of benzene rings is 2. The first kappa shape index (κ1) is 21.0. The molecule has 4 N–H and O–H groups in total. The Hall–Kier alpha value is -1.71. The van der Waals surface area contributed by atoms with E-state index in [0.29, 0.717) is 0 Å². The van der Waals surface area contributed by atoms with Crippen LogP contribution in [-0.2, 0) is 10.1 Å². The van der Waals surface area contributed by atoms with Crippen molar-refractivity contribution < 1.29 is 53.5 Å². The normalized spacial score (nSPS) is 16.3. The minimum Gasteiger partial charge on any atom is -1.00 e. The van der Waals surface area contributed by atoms with Gasteiger partial charge in [-0.25, -0.2) is 0 Å². The van der Waals surface area contributed by atoms with Gasteiger partial charge in [-0.2, -0.15) is 8.42 Å². The van der Waals surface area contributed by atoms with Crippen LogP contribution in [0.1, 0.15) is 59.0 Å². The smallest absolute Gasteiger partial charge is 1.00 e. The number of carbonyl (C=O) groups excluding carboxylic acids is 2. The van der Waals surface area contributed by atoms with Gasteiger partial charge < -0.3 is 12.5 Å². The van der Waals surface area contributed by atoms with E-state index in [1.807, 2.05) is 0 Å². The molecule has 0 aliphatic heterocycles.